The highest BCUT2D eigenvalue weighted by Gasteiger charge is 2.31. The highest BCUT2D eigenvalue weighted by molar-refractivity contribution is 5.98. The van der Waals surface area contributed by atoms with Crippen LogP contribution in [0.25, 0.3) is 0 Å². The maximum Gasteiger partial charge on any atom is 0.168 e. The standard InChI is InChI=1S/C15H20O3/c1-3-9-18-13-6-4-12(5-7-13)15(16)14-8-10-17-11(14)2/h4-7,11,14H,3,8-10H2,1-2H3. The Labute approximate surface area is 108 Å². The average molecular weight is 248 g/mol. The van der Waals surface area contributed by atoms with Crippen molar-refractivity contribution >= 4 is 5.78 Å². The highest BCUT2D eigenvalue weighted by atomic mass is 16.5. The van der Waals surface area contributed by atoms with Gasteiger partial charge in [-0.2, -0.15) is 0 Å². The van der Waals surface area contributed by atoms with Crippen LogP contribution in [0, 0.1) is 5.92 Å². The Bertz CT molecular complexity index is 397. The van der Waals surface area contributed by atoms with E-state index >= 15 is 0 Å². The van der Waals surface area contributed by atoms with Crippen molar-refractivity contribution in [3.05, 3.63) is 29.8 Å². The van der Waals surface area contributed by atoms with Crippen LogP contribution in [-0.4, -0.2) is 25.1 Å². The molecule has 0 aliphatic carbocycles. The highest BCUT2D eigenvalue weighted by Crippen LogP contribution is 2.25. The Morgan fingerprint density at radius 1 is 1.39 bits per heavy atom. The lowest BCUT2D eigenvalue weighted by molar-refractivity contribution is 0.0764. The minimum atomic E-state index is 0.00686. The molecule has 0 bridgehead atoms. The second-order valence-corrected chi connectivity index (χ2v) is 4.71. The summed E-state index contributed by atoms with van der Waals surface area (Å²) < 4.78 is 10.9. The SMILES string of the molecule is CCCOc1ccc(C(=O)C2CCOC2C)cc1. The molecule has 2 atom stereocenters. The number of carbonyl (C=O) groups excluding carboxylic acids is 1. The van der Waals surface area contributed by atoms with Crippen molar-refractivity contribution in [2.75, 3.05) is 13.2 Å². The Hall–Kier alpha value is -1.35. The summed E-state index contributed by atoms with van der Waals surface area (Å²) in [5.41, 5.74) is 0.751. The molecule has 1 fully saturated rings. The summed E-state index contributed by atoms with van der Waals surface area (Å²) in [5, 5.41) is 0. The second kappa shape index (κ2) is 6.01. The summed E-state index contributed by atoms with van der Waals surface area (Å²) in [6.07, 6.45) is 1.85. The molecule has 1 aromatic rings. The molecular weight excluding hydrogens is 228 g/mol. The van der Waals surface area contributed by atoms with Crippen molar-refractivity contribution in [3.8, 4) is 5.75 Å². The molecule has 0 N–H and O–H groups in total. The van der Waals surface area contributed by atoms with Crippen LogP contribution in [0.5, 0.6) is 5.75 Å². The van der Waals surface area contributed by atoms with Gasteiger partial charge in [-0.15, -0.1) is 0 Å². The van der Waals surface area contributed by atoms with Gasteiger partial charge >= 0.3 is 0 Å². The first kappa shape index (κ1) is 13.1. The Morgan fingerprint density at radius 2 is 2.11 bits per heavy atom. The molecule has 0 saturated carbocycles. The molecule has 1 aliphatic heterocycles. The monoisotopic (exact) mass is 248 g/mol. The van der Waals surface area contributed by atoms with Crippen LogP contribution in [0.2, 0.25) is 0 Å². The fraction of sp³-hybridized carbons (Fsp3) is 0.533. The zero-order chi connectivity index (χ0) is 13.0. The van der Waals surface area contributed by atoms with Gasteiger partial charge in [-0.25, -0.2) is 0 Å². The number of ether oxygens (including phenoxy) is 2. The minimum absolute atomic E-state index is 0.00686. The van der Waals surface area contributed by atoms with Gasteiger partial charge in [0.05, 0.1) is 18.6 Å². The van der Waals surface area contributed by atoms with Crippen LogP contribution < -0.4 is 4.74 Å². The van der Waals surface area contributed by atoms with Crippen LogP contribution in [0.1, 0.15) is 37.0 Å². The van der Waals surface area contributed by atoms with Crippen molar-refractivity contribution in [2.45, 2.75) is 32.8 Å². The van der Waals surface area contributed by atoms with Gasteiger partial charge in [0, 0.05) is 12.2 Å². The van der Waals surface area contributed by atoms with Crippen molar-refractivity contribution < 1.29 is 14.3 Å². The van der Waals surface area contributed by atoms with E-state index in [1.54, 1.807) is 0 Å². The third-order valence-corrected chi connectivity index (χ3v) is 3.32. The van der Waals surface area contributed by atoms with E-state index in [4.69, 9.17) is 9.47 Å². The largest absolute Gasteiger partial charge is 0.494 e. The van der Waals surface area contributed by atoms with Crippen molar-refractivity contribution in [3.63, 3.8) is 0 Å². The number of hydrogen-bond acceptors (Lipinski definition) is 3. The van der Waals surface area contributed by atoms with Gasteiger partial charge in [0.15, 0.2) is 5.78 Å². The van der Waals surface area contributed by atoms with E-state index in [9.17, 15) is 4.79 Å². The molecule has 2 rings (SSSR count). The molecule has 0 aromatic heterocycles. The quantitative estimate of drug-likeness (QED) is 0.751. The number of ketones is 1. The predicted octanol–water partition coefficient (Wildman–Crippen LogP) is 3.08. The van der Waals surface area contributed by atoms with E-state index < -0.39 is 0 Å². The van der Waals surface area contributed by atoms with Gasteiger partial charge in [-0.1, -0.05) is 6.92 Å². The van der Waals surface area contributed by atoms with Crippen molar-refractivity contribution in [1.29, 1.82) is 0 Å². The maximum absolute atomic E-state index is 12.3. The summed E-state index contributed by atoms with van der Waals surface area (Å²) in [6.45, 7) is 5.43. The van der Waals surface area contributed by atoms with Gasteiger partial charge in [-0.3, -0.25) is 4.79 Å². The van der Waals surface area contributed by atoms with Crippen LogP contribution >= 0.6 is 0 Å². The molecule has 0 radical (unpaired) electrons. The third-order valence-electron chi connectivity index (χ3n) is 3.32. The zero-order valence-corrected chi connectivity index (χ0v) is 11.0. The number of benzene rings is 1. The predicted molar refractivity (Wildman–Crippen MR) is 70.1 cm³/mol. The van der Waals surface area contributed by atoms with Crippen molar-refractivity contribution in [1.82, 2.24) is 0 Å². The van der Waals surface area contributed by atoms with Gasteiger partial charge in [0.2, 0.25) is 0 Å². The molecule has 3 heteroatoms. The maximum atomic E-state index is 12.3. The van der Waals surface area contributed by atoms with Crippen LogP contribution in [0.15, 0.2) is 24.3 Å². The van der Waals surface area contributed by atoms with E-state index in [0.29, 0.717) is 13.2 Å². The third kappa shape index (κ3) is 2.91. The lowest BCUT2D eigenvalue weighted by Gasteiger charge is -2.13. The second-order valence-electron chi connectivity index (χ2n) is 4.71. The molecule has 3 nitrogen and oxygen atoms in total. The fourth-order valence-corrected chi connectivity index (χ4v) is 2.23. The lowest BCUT2D eigenvalue weighted by atomic mass is 9.92. The normalized spacial score (nSPS) is 23.0. The van der Waals surface area contributed by atoms with Crippen LogP contribution in [0.4, 0.5) is 0 Å². The average Bonchev–Trinajstić information content (AvgIpc) is 2.82. The smallest absolute Gasteiger partial charge is 0.168 e. The molecule has 1 aliphatic rings. The zero-order valence-electron chi connectivity index (χ0n) is 11.0. The van der Waals surface area contributed by atoms with E-state index in [2.05, 4.69) is 6.92 Å². The van der Waals surface area contributed by atoms with Crippen LogP contribution in [0.3, 0.4) is 0 Å². The molecule has 2 unspecified atom stereocenters. The van der Waals surface area contributed by atoms with E-state index in [1.165, 1.54) is 0 Å². The Balaban J connectivity index is 2.02. The van der Waals surface area contributed by atoms with Gasteiger partial charge in [0.1, 0.15) is 5.75 Å². The number of rotatable bonds is 5. The van der Waals surface area contributed by atoms with Gasteiger partial charge in [0.25, 0.3) is 0 Å². The van der Waals surface area contributed by atoms with E-state index in [1.807, 2.05) is 31.2 Å². The molecule has 1 aromatic carbocycles. The van der Waals surface area contributed by atoms with E-state index in [-0.39, 0.29) is 17.8 Å². The summed E-state index contributed by atoms with van der Waals surface area (Å²) in [4.78, 5) is 12.3. The first-order chi connectivity index (χ1) is 8.72. The Kier molecular flexibility index (Phi) is 4.37. The molecule has 1 saturated heterocycles. The summed E-state index contributed by atoms with van der Waals surface area (Å²) >= 11 is 0. The Morgan fingerprint density at radius 3 is 2.67 bits per heavy atom. The number of hydrogen-bond donors (Lipinski definition) is 0. The minimum Gasteiger partial charge on any atom is -0.494 e. The molecule has 18 heavy (non-hydrogen) atoms. The summed E-state index contributed by atoms with van der Waals surface area (Å²) in [5.74, 6) is 1.01. The first-order valence-electron chi connectivity index (χ1n) is 6.61. The fourth-order valence-electron chi connectivity index (χ4n) is 2.23. The number of Topliss-reactive ketones (excluding diaryl/α,β-unsaturated/α-hetero) is 1. The van der Waals surface area contributed by atoms with Crippen molar-refractivity contribution in [2.24, 2.45) is 5.92 Å². The van der Waals surface area contributed by atoms with E-state index in [0.717, 1.165) is 24.2 Å². The molecule has 0 spiro atoms. The molecule has 0 amide bonds. The summed E-state index contributed by atoms with van der Waals surface area (Å²) in [7, 11) is 0. The topological polar surface area (TPSA) is 35.5 Å². The number of carbonyl (C=O) groups is 1. The van der Waals surface area contributed by atoms with Gasteiger partial charge in [-0.05, 0) is 44.0 Å². The van der Waals surface area contributed by atoms with Gasteiger partial charge < -0.3 is 9.47 Å². The molecule has 98 valence electrons. The summed E-state index contributed by atoms with van der Waals surface area (Å²) in [6, 6.07) is 7.42. The lowest BCUT2D eigenvalue weighted by Crippen LogP contribution is -2.21. The molecular formula is C15H20O3. The van der Waals surface area contributed by atoms with Crippen LogP contribution in [-0.2, 0) is 4.74 Å². The molecule has 1 heterocycles. The first-order valence-corrected chi connectivity index (χ1v) is 6.61.